The fourth-order valence-electron chi connectivity index (χ4n) is 2.89. The molecule has 0 heterocycles. The Bertz CT molecular complexity index is 731. The number of alkyl halides is 3. The van der Waals surface area contributed by atoms with Crippen molar-refractivity contribution in [3.63, 3.8) is 0 Å². The van der Waals surface area contributed by atoms with Gasteiger partial charge in [-0.05, 0) is 56.4 Å². The molecule has 0 saturated carbocycles. The topological polar surface area (TPSA) is 27.7 Å². The fourth-order valence-corrected chi connectivity index (χ4v) is 3.08. The lowest BCUT2D eigenvalue weighted by Crippen LogP contribution is -2.08. The van der Waals surface area contributed by atoms with Gasteiger partial charge in [0.1, 0.15) is 27.6 Å². The molecule has 0 N–H and O–H groups in total. The van der Waals surface area contributed by atoms with Gasteiger partial charge in [-0.2, -0.15) is 13.2 Å². The molecule has 0 aliphatic carbocycles. The van der Waals surface area contributed by atoms with E-state index < -0.39 is 11.2 Å². The zero-order chi connectivity index (χ0) is 23.3. The molecule has 0 saturated heterocycles. The molecule has 1 aromatic carbocycles. The van der Waals surface area contributed by atoms with Crippen LogP contribution in [0.1, 0.15) is 44.2 Å². The molecule has 0 atom stereocenters. The van der Waals surface area contributed by atoms with E-state index >= 15 is 0 Å². The summed E-state index contributed by atoms with van der Waals surface area (Å²) in [6.07, 6.45) is 1.89. The molecule has 0 spiro atoms. The Morgan fingerprint density at radius 3 is 1.97 bits per heavy atom. The Kier molecular flexibility index (Phi) is 13.4. The first-order chi connectivity index (χ1) is 14.7. The molecule has 0 aromatic heterocycles. The molecular weight excluding hydrogens is 476 g/mol. The summed E-state index contributed by atoms with van der Waals surface area (Å²) >= 11 is 16.3. The van der Waals surface area contributed by atoms with Gasteiger partial charge in [0.15, 0.2) is 0 Å². The van der Waals surface area contributed by atoms with Gasteiger partial charge >= 0.3 is 6.18 Å². The van der Waals surface area contributed by atoms with E-state index in [1.165, 1.54) is 0 Å². The third-order valence-electron chi connectivity index (χ3n) is 4.37. The van der Waals surface area contributed by atoms with Crippen molar-refractivity contribution >= 4 is 34.8 Å². The van der Waals surface area contributed by atoms with Crippen molar-refractivity contribution in [1.29, 1.82) is 0 Å². The number of allylic oxidation sites excluding steroid dienone is 1. The molecule has 0 radical (unpaired) electrons. The van der Waals surface area contributed by atoms with Crippen LogP contribution < -0.4 is 9.47 Å². The first-order valence-electron chi connectivity index (χ1n) is 10.1. The summed E-state index contributed by atoms with van der Waals surface area (Å²) in [5.41, 5.74) is 2.20. The third-order valence-corrected chi connectivity index (χ3v) is 5.05. The first-order valence-corrected chi connectivity index (χ1v) is 11.3. The Morgan fingerprint density at radius 2 is 1.42 bits per heavy atom. The van der Waals surface area contributed by atoms with E-state index in [1.54, 1.807) is 6.08 Å². The normalized spacial score (nSPS) is 12.1. The highest BCUT2D eigenvalue weighted by Gasteiger charge is 2.31. The zero-order valence-electron chi connectivity index (χ0n) is 17.7. The molecule has 9 heteroatoms. The van der Waals surface area contributed by atoms with E-state index in [1.807, 2.05) is 12.1 Å². The van der Waals surface area contributed by atoms with Crippen LogP contribution in [-0.4, -0.2) is 32.6 Å². The lowest BCUT2D eigenvalue weighted by Gasteiger charge is -2.17. The third kappa shape index (κ3) is 10.9. The van der Waals surface area contributed by atoms with Gasteiger partial charge in [0, 0.05) is 17.7 Å². The first kappa shape index (κ1) is 28.0. The van der Waals surface area contributed by atoms with Crippen LogP contribution in [0.25, 0.3) is 0 Å². The van der Waals surface area contributed by atoms with Crippen LogP contribution in [0.5, 0.6) is 11.5 Å². The molecule has 0 fully saturated rings. The number of unbranched alkanes of at least 4 members (excludes halogenated alkanes) is 2. The summed E-state index contributed by atoms with van der Waals surface area (Å²) in [6.45, 7) is 5.17. The predicted octanol–water partition coefficient (Wildman–Crippen LogP) is 7.76. The minimum atomic E-state index is -4.52. The number of halogens is 6. The number of hydrogen-bond donors (Lipinski definition) is 0. The van der Waals surface area contributed by atoms with E-state index in [-0.39, 0.29) is 11.1 Å². The van der Waals surface area contributed by atoms with Crippen LogP contribution >= 0.6 is 34.8 Å². The van der Waals surface area contributed by atoms with E-state index in [9.17, 15) is 13.2 Å². The molecule has 1 rings (SSSR count). The van der Waals surface area contributed by atoms with E-state index in [4.69, 9.17) is 49.0 Å². The monoisotopic (exact) mass is 502 g/mol. The maximum atomic E-state index is 12.2. The lowest BCUT2D eigenvalue weighted by molar-refractivity contribution is -0.0850. The van der Waals surface area contributed by atoms with Crippen molar-refractivity contribution in [2.45, 2.75) is 52.1 Å². The van der Waals surface area contributed by atoms with Gasteiger partial charge in [-0.3, -0.25) is 0 Å². The summed E-state index contributed by atoms with van der Waals surface area (Å²) in [7, 11) is 0. The quantitative estimate of drug-likeness (QED) is 0.243. The second kappa shape index (κ2) is 14.9. The van der Waals surface area contributed by atoms with Crippen molar-refractivity contribution in [2.24, 2.45) is 0 Å². The molecule has 31 heavy (non-hydrogen) atoms. The molecule has 1 aromatic rings. The van der Waals surface area contributed by atoms with Crippen molar-refractivity contribution in [2.75, 3.05) is 26.4 Å². The van der Waals surface area contributed by atoms with Gasteiger partial charge in [0.2, 0.25) is 0 Å². The van der Waals surface area contributed by atoms with Crippen molar-refractivity contribution in [3.8, 4) is 11.5 Å². The van der Waals surface area contributed by atoms with Gasteiger partial charge < -0.3 is 14.2 Å². The molecule has 0 aliphatic heterocycles. The van der Waals surface area contributed by atoms with Gasteiger partial charge in [-0.15, -0.1) is 0 Å². The maximum absolute atomic E-state index is 12.2. The SMILES string of the molecule is CCc1c(OCC=C(Cl)Cl)ccc(OCCCCCOC/C=C(\Cl)C(F)(F)F)c1CC. The standard InChI is InChI=1S/C22H28Cl3F3O3/c1-3-16-17(4-2)19(31-15-11-21(24)25)9-8-18(16)30-13-7-5-6-12-29-14-10-20(23)22(26,27)28/h8-11H,3-7,12-15H2,1-2H3/b20-10-. The van der Waals surface area contributed by atoms with Gasteiger partial charge in [-0.1, -0.05) is 48.7 Å². The van der Waals surface area contributed by atoms with E-state index in [2.05, 4.69) is 13.8 Å². The van der Waals surface area contributed by atoms with Crippen LogP contribution in [-0.2, 0) is 17.6 Å². The number of rotatable bonds is 14. The highest BCUT2D eigenvalue weighted by Crippen LogP contribution is 2.32. The smallest absolute Gasteiger partial charge is 0.426 e. The van der Waals surface area contributed by atoms with E-state index in [0.717, 1.165) is 60.8 Å². The average molecular weight is 504 g/mol. The second-order valence-corrected chi connectivity index (χ2v) is 7.98. The highest BCUT2D eigenvalue weighted by atomic mass is 35.5. The summed E-state index contributed by atoms with van der Waals surface area (Å²) in [6, 6.07) is 3.79. The van der Waals surface area contributed by atoms with E-state index in [0.29, 0.717) is 19.8 Å². The van der Waals surface area contributed by atoms with Crippen molar-refractivity contribution in [3.05, 3.63) is 44.9 Å². The minimum Gasteiger partial charge on any atom is -0.493 e. The van der Waals surface area contributed by atoms with Crippen LogP contribution in [0.4, 0.5) is 13.2 Å². The summed E-state index contributed by atoms with van der Waals surface area (Å²) < 4.78 is 53.7. The molecular formula is C22H28Cl3F3O3. The summed E-state index contributed by atoms with van der Waals surface area (Å²) in [4.78, 5) is 0. The zero-order valence-corrected chi connectivity index (χ0v) is 19.9. The molecule has 0 unspecified atom stereocenters. The average Bonchev–Trinajstić information content (AvgIpc) is 2.71. The van der Waals surface area contributed by atoms with Crippen LogP contribution in [0.2, 0.25) is 0 Å². The molecule has 0 aliphatic rings. The van der Waals surface area contributed by atoms with Crippen LogP contribution in [0.15, 0.2) is 33.8 Å². The Balaban J connectivity index is 2.42. The molecule has 3 nitrogen and oxygen atoms in total. The van der Waals surface area contributed by atoms with Crippen molar-refractivity contribution < 1.29 is 27.4 Å². The van der Waals surface area contributed by atoms with Gasteiger partial charge in [-0.25, -0.2) is 0 Å². The highest BCUT2D eigenvalue weighted by molar-refractivity contribution is 6.55. The van der Waals surface area contributed by atoms with Crippen LogP contribution in [0, 0.1) is 0 Å². The number of benzene rings is 1. The Hall–Kier alpha value is -1.08. The summed E-state index contributed by atoms with van der Waals surface area (Å²) in [5, 5.41) is -1.16. The van der Waals surface area contributed by atoms with Gasteiger partial charge in [0.05, 0.1) is 13.2 Å². The fraction of sp³-hybridized carbons (Fsp3) is 0.545. The lowest BCUT2D eigenvalue weighted by atomic mass is 10.0. The maximum Gasteiger partial charge on any atom is 0.426 e. The number of hydrogen-bond acceptors (Lipinski definition) is 3. The molecule has 0 bridgehead atoms. The molecule has 0 amide bonds. The Labute approximate surface area is 197 Å². The summed E-state index contributed by atoms with van der Waals surface area (Å²) in [5.74, 6) is 1.62. The van der Waals surface area contributed by atoms with Crippen molar-refractivity contribution in [1.82, 2.24) is 0 Å². The predicted molar refractivity (Wildman–Crippen MR) is 121 cm³/mol. The molecule has 176 valence electrons. The minimum absolute atomic E-state index is 0.157. The second-order valence-electron chi connectivity index (χ2n) is 6.56. The Morgan fingerprint density at radius 1 is 0.839 bits per heavy atom. The number of ether oxygens (including phenoxy) is 3. The van der Waals surface area contributed by atoms with Gasteiger partial charge in [0.25, 0.3) is 0 Å². The largest absolute Gasteiger partial charge is 0.493 e. The van der Waals surface area contributed by atoms with Crippen LogP contribution in [0.3, 0.4) is 0 Å².